The minimum atomic E-state index is -0.325. The van der Waals surface area contributed by atoms with Gasteiger partial charge in [0.2, 0.25) is 5.75 Å². The minimum absolute atomic E-state index is 0.184. The second kappa shape index (κ2) is 7.92. The molecule has 1 atom stereocenters. The van der Waals surface area contributed by atoms with E-state index in [1.54, 1.807) is 13.2 Å². The SMILES string of the molecule is C#CCOc1ccc([C@@H]2CC(=O)Oc3cc(OC)c(OC)c(OC)c32)cc1. The van der Waals surface area contributed by atoms with Gasteiger partial charge in [-0.15, -0.1) is 6.42 Å². The van der Waals surface area contributed by atoms with Crippen molar-refractivity contribution in [3.8, 4) is 41.1 Å². The molecule has 1 heterocycles. The van der Waals surface area contributed by atoms with Gasteiger partial charge in [0.15, 0.2) is 11.5 Å². The van der Waals surface area contributed by atoms with E-state index in [-0.39, 0.29) is 24.9 Å². The van der Waals surface area contributed by atoms with E-state index in [1.165, 1.54) is 14.2 Å². The standard InChI is InChI=1S/C21H20O6/c1-5-10-26-14-8-6-13(7-9-14)15-11-18(22)27-16-12-17(23-2)20(24-3)21(25-4)19(15)16/h1,6-9,12,15H,10-11H2,2-4H3/t15-/m0/s1. The van der Waals surface area contributed by atoms with Crippen LogP contribution in [0.4, 0.5) is 0 Å². The van der Waals surface area contributed by atoms with Gasteiger partial charge in [-0.3, -0.25) is 4.79 Å². The van der Waals surface area contributed by atoms with E-state index in [0.29, 0.717) is 28.7 Å². The maximum absolute atomic E-state index is 12.2. The number of hydrogen-bond donors (Lipinski definition) is 0. The first kappa shape index (κ1) is 18.5. The van der Waals surface area contributed by atoms with Crippen molar-refractivity contribution in [3.05, 3.63) is 41.5 Å². The van der Waals surface area contributed by atoms with Crippen molar-refractivity contribution >= 4 is 5.97 Å². The lowest BCUT2D eigenvalue weighted by Crippen LogP contribution is -2.22. The lowest BCUT2D eigenvalue weighted by molar-refractivity contribution is -0.135. The lowest BCUT2D eigenvalue weighted by Gasteiger charge is -2.28. The molecule has 0 amide bonds. The molecule has 2 aromatic carbocycles. The van der Waals surface area contributed by atoms with Crippen molar-refractivity contribution in [2.24, 2.45) is 0 Å². The molecule has 1 aliphatic rings. The van der Waals surface area contributed by atoms with E-state index in [1.807, 2.05) is 24.3 Å². The third kappa shape index (κ3) is 3.49. The van der Waals surface area contributed by atoms with E-state index >= 15 is 0 Å². The van der Waals surface area contributed by atoms with Crippen LogP contribution in [0.1, 0.15) is 23.5 Å². The highest BCUT2D eigenvalue weighted by atomic mass is 16.5. The topological polar surface area (TPSA) is 63.2 Å². The molecule has 0 fully saturated rings. The van der Waals surface area contributed by atoms with E-state index in [2.05, 4.69) is 5.92 Å². The molecule has 0 aliphatic carbocycles. The molecule has 6 nitrogen and oxygen atoms in total. The van der Waals surface area contributed by atoms with Crippen LogP contribution >= 0.6 is 0 Å². The highest BCUT2D eigenvalue weighted by Crippen LogP contribution is 2.52. The van der Waals surface area contributed by atoms with Crippen molar-refractivity contribution in [2.75, 3.05) is 27.9 Å². The number of methoxy groups -OCH3 is 3. The van der Waals surface area contributed by atoms with Gasteiger partial charge in [0, 0.05) is 17.5 Å². The summed E-state index contributed by atoms with van der Waals surface area (Å²) >= 11 is 0. The summed E-state index contributed by atoms with van der Waals surface area (Å²) < 4.78 is 27.3. The smallest absolute Gasteiger partial charge is 0.312 e. The molecule has 2 aromatic rings. The first-order valence-corrected chi connectivity index (χ1v) is 8.32. The van der Waals surface area contributed by atoms with Gasteiger partial charge in [-0.2, -0.15) is 0 Å². The van der Waals surface area contributed by atoms with Crippen LogP contribution in [0.25, 0.3) is 0 Å². The van der Waals surface area contributed by atoms with Gasteiger partial charge in [0.25, 0.3) is 0 Å². The summed E-state index contributed by atoms with van der Waals surface area (Å²) in [6.07, 6.45) is 5.40. The summed E-state index contributed by atoms with van der Waals surface area (Å²) in [5, 5.41) is 0. The van der Waals surface area contributed by atoms with E-state index in [9.17, 15) is 4.79 Å². The van der Waals surface area contributed by atoms with Gasteiger partial charge < -0.3 is 23.7 Å². The number of hydrogen-bond acceptors (Lipinski definition) is 6. The molecule has 0 radical (unpaired) electrons. The van der Waals surface area contributed by atoms with Crippen molar-refractivity contribution in [2.45, 2.75) is 12.3 Å². The largest absolute Gasteiger partial charge is 0.493 e. The Bertz CT molecular complexity index is 879. The van der Waals surface area contributed by atoms with Crippen molar-refractivity contribution < 1.29 is 28.5 Å². The summed E-state index contributed by atoms with van der Waals surface area (Å²) in [5.41, 5.74) is 1.67. The summed E-state index contributed by atoms with van der Waals surface area (Å²) in [5.74, 6) is 4.28. The molecule has 140 valence electrons. The van der Waals surface area contributed by atoms with Gasteiger partial charge >= 0.3 is 5.97 Å². The molecule has 1 aliphatic heterocycles. The molecule has 3 rings (SSSR count). The summed E-state index contributed by atoms with van der Waals surface area (Å²) in [7, 11) is 4.59. The Labute approximate surface area is 157 Å². The van der Waals surface area contributed by atoms with E-state index in [0.717, 1.165) is 11.1 Å². The average Bonchev–Trinajstić information content (AvgIpc) is 2.70. The van der Waals surface area contributed by atoms with Gasteiger partial charge in [-0.1, -0.05) is 18.1 Å². The number of carbonyl (C=O) groups is 1. The molecule has 0 unspecified atom stereocenters. The maximum Gasteiger partial charge on any atom is 0.312 e. The van der Waals surface area contributed by atoms with Crippen LogP contribution in [0, 0.1) is 12.3 Å². The van der Waals surface area contributed by atoms with Gasteiger partial charge in [-0.05, 0) is 17.7 Å². The molecule has 0 spiro atoms. The van der Waals surface area contributed by atoms with Crippen molar-refractivity contribution in [1.82, 2.24) is 0 Å². The van der Waals surface area contributed by atoms with Gasteiger partial charge in [0.1, 0.15) is 18.1 Å². The van der Waals surface area contributed by atoms with Gasteiger partial charge in [0.05, 0.1) is 27.8 Å². The van der Waals surface area contributed by atoms with E-state index in [4.69, 9.17) is 30.1 Å². The number of carbonyl (C=O) groups excluding carboxylic acids is 1. The summed E-state index contributed by atoms with van der Waals surface area (Å²) in [6.45, 7) is 0.197. The first-order chi connectivity index (χ1) is 13.1. The molecule has 27 heavy (non-hydrogen) atoms. The normalized spacial score (nSPS) is 15.2. The predicted molar refractivity (Wildman–Crippen MR) is 99.0 cm³/mol. The second-order valence-electron chi connectivity index (χ2n) is 5.85. The lowest BCUT2D eigenvalue weighted by atomic mass is 9.85. The Kier molecular flexibility index (Phi) is 5.41. The molecule has 0 N–H and O–H groups in total. The summed E-state index contributed by atoms with van der Waals surface area (Å²) in [4.78, 5) is 12.2. The molecular formula is C21H20O6. The predicted octanol–water partition coefficient (Wildman–Crippen LogP) is 3.17. The zero-order chi connectivity index (χ0) is 19.4. The number of ether oxygens (including phenoxy) is 5. The first-order valence-electron chi connectivity index (χ1n) is 8.32. The summed E-state index contributed by atoms with van der Waals surface area (Å²) in [6, 6.07) is 9.08. The Balaban J connectivity index is 2.09. The fraction of sp³-hybridized carbons (Fsp3) is 0.286. The second-order valence-corrected chi connectivity index (χ2v) is 5.85. The number of benzene rings is 2. The fourth-order valence-corrected chi connectivity index (χ4v) is 3.21. The molecule has 6 heteroatoms. The quantitative estimate of drug-likeness (QED) is 0.443. The average molecular weight is 368 g/mol. The van der Waals surface area contributed by atoms with Crippen LogP contribution in [-0.2, 0) is 4.79 Å². The van der Waals surface area contributed by atoms with Crippen LogP contribution < -0.4 is 23.7 Å². The minimum Gasteiger partial charge on any atom is -0.493 e. The molecule has 0 saturated carbocycles. The Hall–Kier alpha value is -3.33. The number of esters is 1. The third-order valence-electron chi connectivity index (χ3n) is 4.38. The fourth-order valence-electron chi connectivity index (χ4n) is 3.21. The Morgan fingerprint density at radius 3 is 2.41 bits per heavy atom. The van der Waals surface area contributed by atoms with Crippen molar-refractivity contribution in [3.63, 3.8) is 0 Å². The van der Waals surface area contributed by atoms with Crippen molar-refractivity contribution in [1.29, 1.82) is 0 Å². The zero-order valence-electron chi connectivity index (χ0n) is 15.4. The van der Waals surface area contributed by atoms with Crippen LogP contribution in [0.3, 0.4) is 0 Å². The van der Waals surface area contributed by atoms with Gasteiger partial charge in [-0.25, -0.2) is 0 Å². The van der Waals surface area contributed by atoms with Crippen LogP contribution in [0.5, 0.6) is 28.7 Å². The maximum atomic E-state index is 12.2. The molecule has 0 aromatic heterocycles. The molecule has 0 saturated heterocycles. The van der Waals surface area contributed by atoms with Crippen LogP contribution in [0.2, 0.25) is 0 Å². The van der Waals surface area contributed by atoms with Crippen LogP contribution in [0.15, 0.2) is 30.3 Å². The number of rotatable bonds is 6. The monoisotopic (exact) mass is 368 g/mol. The van der Waals surface area contributed by atoms with E-state index < -0.39 is 0 Å². The molecule has 0 bridgehead atoms. The number of terminal acetylenes is 1. The Morgan fingerprint density at radius 1 is 1.11 bits per heavy atom. The molecular weight excluding hydrogens is 348 g/mol. The third-order valence-corrected chi connectivity index (χ3v) is 4.38. The zero-order valence-corrected chi connectivity index (χ0v) is 15.4. The Morgan fingerprint density at radius 2 is 1.81 bits per heavy atom. The van der Waals surface area contributed by atoms with Crippen LogP contribution in [-0.4, -0.2) is 33.9 Å². The highest BCUT2D eigenvalue weighted by Gasteiger charge is 2.35. The highest BCUT2D eigenvalue weighted by molar-refractivity contribution is 5.80. The number of fused-ring (bicyclic) bond motifs is 1.